The van der Waals surface area contributed by atoms with Crippen LogP contribution in [0.1, 0.15) is 16.7 Å². The summed E-state index contributed by atoms with van der Waals surface area (Å²) in [6.45, 7) is 1.13. The lowest BCUT2D eigenvalue weighted by atomic mass is 10.0. The lowest BCUT2D eigenvalue weighted by Crippen LogP contribution is -2.17. The average Bonchev–Trinajstić information content (AvgIpc) is 2.62. The maximum absolute atomic E-state index is 12.8. The molecular formula is C22H20F3N. The van der Waals surface area contributed by atoms with E-state index in [9.17, 15) is 13.2 Å². The van der Waals surface area contributed by atoms with Gasteiger partial charge >= 0.3 is 6.18 Å². The standard InChI is InChI=1S/C22H20F3N/c1-26(16-18-6-5-9-21(14-18)22(23,24)25)15-17-10-12-20(13-11-17)19-7-3-2-4-8-19/h2-14H,15-16H2,1H3. The van der Waals surface area contributed by atoms with Gasteiger partial charge in [-0.15, -0.1) is 0 Å². The molecule has 0 aliphatic rings. The number of alkyl halides is 3. The average molecular weight is 355 g/mol. The molecule has 0 spiro atoms. The fourth-order valence-corrected chi connectivity index (χ4v) is 2.96. The highest BCUT2D eigenvalue weighted by Crippen LogP contribution is 2.29. The van der Waals surface area contributed by atoms with Crippen LogP contribution in [-0.4, -0.2) is 11.9 Å². The van der Waals surface area contributed by atoms with E-state index in [1.807, 2.05) is 30.1 Å². The summed E-state index contributed by atoms with van der Waals surface area (Å²) in [5, 5.41) is 0. The van der Waals surface area contributed by atoms with Gasteiger partial charge < -0.3 is 0 Å². The Bertz CT molecular complexity index is 839. The van der Waals surface area contributed by atoms with Gasteiger partial charge in [0.15, 0.2) is 0 Å². The second-order valence-electron chi connectivity index (χ2n) is 6.43. The molecule has 3 aromatic carbocycles. The molecule has 0 saturated heterocycles. The number of rotatable bonds is 5. The fourth-order valence-electron chi connectivity index (χ4n) is 2.96. The van der Waals surface area contributed by atoms with Crippen LogP contribution in [0.25, 0.3) is 11.1 Å². The molecule has 26 heavy (non-hydrogen) atoms. The first kappa shape index (κ1) is 18.2. The smallest absolute Gasteiger partial charge is 0.298 e. The second-order valence-corrected chi connectivity index (χ2v) is 6.43. The van der Waals surface area contributed by atoms with Gasteiger partial charge in [-0.1, -0.05) is 72.8 Å². The first-order chi connectivity index (χ1) is 12.4. The third kappa shape index (κ3) is 4.73. The van der Waals surface area contributed by atoms with Crippen LogP contribution in [-0.2, 0) is 19.3 Å². The molecule has 1 nitrogen and oxygen atoms in total. The minimum absolute atomic E-state index is 0.463. The van der Waals surface area contributed by atoms with Crippen LogP contribution in [0.3, 0.4) is 0 Å². The van der Waals surface area contributed by atoms with E-state index in [1.54, 1.807) is 6.07 Å². The highest BCUT2D eigenvalue weighted by atomic mass is 19.4. The molecule has 0 fully saturated rings. The Labute approximate surface area is 151 Å². The van der Waals surface area contributed by atoms with Crippen LogP contribution in [0.2, 0.25) is 0 Å². The van der Waals surface area contributed by atoms with Crippen molar-refractivity contribution in [3.05, 3.63) is 95.6 Å². The third-order valence-electron chi connectivity index (χ3n) is 4.22. The number of nitrogens with zero attached hydrogens (tertiary/aromatic N) is 1. The van der Waals surface area contributed by atoms with Gasteiger partial charge in [-0.2, -0.15) is 13.2 Å². The molecule has 0 amide bonds. The third-order valence-corrected chi connectivity index (χ3v) is 4.22. The largest absolute Gasteiger partial charge is 0.416 e. The fraction of sp³-hybridized carbons (Fsp3) is 0.182. The Morgan fingerprint density at radius 1 is 0.692 bits per heavy atom. The van der Waals surface area contributed by atoms with E-state index in [4.69, 9.17) is 0 Å². The quantitative estimate of drug-likeness (QED) is 0.542. The Hall–Kier alpha value is -2.59. The summed E-state index contributed by atoms with van der Waals surface area (Å²) in [5.41, 5.74) is 3.49. The van der Waals surface area contributed by atoms with Crippen LogP contribution in [0, 0.1) is 0 Å². The topological polar surface area (TPSA) is 3.24 Å². The monoisotopic (exact) mass is 355 g/mol. The van der Waals surface area contributed by atoms with Crippen molar-refractivity contribution in [3.63, 3.8) is 0 Å². The van der Waals surface area contributed by atoms with E-state index >= 15 is 0 Å². The van der Waals surface area contributed by atoms with Crippen LogP contribution in [0.5, 0.6) is 0 Å². The van der Waals surface area contributed by atoms with Gasteiger partial charge in [0.05, 0.1) is 5.56 Å². The first-order valence-corrected chi connectivity index (χ1v) is 8.41. The maximum atomic E-state index is 12.8. The molecule has 0 N–H and O–H groups in total. The molecule has 4 heteroatoms. The van der Waals surface area contributed by atoms with E-state index in [2.05, 4.69) is 36.4 Å². The van der Waals surface area contributed by atoms with Crippen molar-refractivity contribution < 1.29 is 13.2 Å². The zero-order valence-electron chi connectivity index (χ0n) is 14.5. The normalized spacial score (nSPS) is 11.7. The molecule has 0 aromatic heterocycles. The van der Waals surface area contributed by atoms with Crippen molar-refractivity contribution in [1.29, 1.82) is 0 Å². The summed E-state index contributed by atoms with van der Waals surface area (Å²) in [6, 6.07) is 23.9. The SMILES string of the molecule is CN(Cc1ccc(-c2ccccc2)cc1)Cc1cccc(C(F)(F)F)c1. The van der Waals surface area contributed by atoms with E-state index < -0.39 is 11.7 Å². The van der Waals surface area contributed by atoms with E-state index in [0.29, 0.717) is 18.7 Å². The maximum Gasteiger partial charge on any atom is 0.416 e. The zero-order chi connectivity index (χ0) is 18.6. The molecule has 0 radical (unpaired) electrons. The van der Waals surface area contributed by atoms with Crippen molar-refractivity contribution in [2.75, 3.05) is 7.05 Å². The second kappa shape index (κ2) is 7.75. The minimum atomic E-state index is -4.30. The molecule has 0 atom stereocenters. The van der Waals surface area contributed by atoms with Gasteiger partial charge in [0, 0.05) is 13.1 Å². The zero-order valence-corrected chi connectivity index (χ0v) is 14.5. The first-order valence-electron chi connectivity index (χ1n) is 8.41. The van der Waals surface area contributed by atoms with Gasteiger partial charge in [0.1, 0.15) is 0 Å². The molecule has 0 saturated carbocycles. The molecule has 134 valence electrons. The van der Waals surface area contributed by atoms with Crippen molar-refractivity contribution in [2.24, 2.45) is 0 Å². The summed E-state index contributed by atoms with van der Waals surface area (Å²) in [5.74, 6) is 0. The van der Waals surface area contributed by atoms with Crippen molar-refractivity contribution in [1.82, 2.24) is 4.90 Å². The summed E-state index contributed by atoms with van der Waals surface area (Å²) < 4.78 is 38.4. The highest BCUT2D eigenvalue weighted by molar-refractivity contribution is 5.63. The van der Waals surface area contributed by atoms with E-state index in [1.165, 1.54) is 12.1 Å². The van der Waals surface area contributed by atoms with Crippen LogP contribution < -0.4 is 0 Å². The van der Waals surface area contributed by atoms with Crippen LogP contribution in [0.15, 0.2) is 78.9 Å². The molecule has 0 bridgehead atoms. The number of halogens is 3. The van der Waals surface area contributed by atoms with Gasteiger partial charge in [0.2, 0.25) is 0 Å². The summed E-state index contributed by atoms with van der Waals surface area (Å²) >= 11 is 0. The van der Waals surface area contributed by atoms with Gasteiger partial charge in [-0.25, -0.2) is 0 Å². The van der Waals surface area contributed by atoms with Crippen molar-refractivity contribution in [3.8, 4) is 11.1 Å². The Morgan fingerprint density at radius 3 is 1.96 bits per heavy atom. The predicted octanol–water partition coefficient (Wildman–Crippen LogP) is 6.00. The molecule has 0 aliphatic heterocycles. The lowest BCUT2D eigenvalue weighted by molar-refractivity contribution is -0.137. The van der Waals surface area contributed by atoms with Crippen LogP contribution >= 0.6 is 0 Å². The minimum Gasteiger partial charge on any atom is -0.298 e. The van der Waals surface area contributed by atoms with E-state index in [-0.39, 0.29) is 0 Å². The molecule has 3 rings (SSSR count). The Kier molecular flexibility index (Phi) is 5.43. The van der Waals surface area contributed by atoms with Crippen molar-refractivity contribution in [2.45, 2.75) is 19.3 Å². The summed E-state index contributed by atoms with van der Waals surface area (Å²) in [4.78, 5) is 2.01. The van der Waals surface area contributed by atoms with Crippen LogP contribution in [0.4, 0.5) is 13.2 Å². The molecule has 3 aromatic rings. The Morgan fingerprint density at radius 2 is 1.31 bits per heavy atom. The van der Waals surface area contributed by atoms with E-state index in [0.717, 1.165) is 22.8 Å². The molecular weight excluding hydrogens is 335 g/mol. The predicted molar refractivity (Wildman–Crippen MR) is 98.5 cm³/mol. The molecule has 0 unspecified atom stereocenters. The number of benzene rings is 3. The van der Waals surface area contributed by atoms with Gasteiger partial charge in [0.25, 0.3) is 0 Å². The van der Waals surface area contributed by atoms with Crippen molar-refractivity contribution >= 4 is 0 Å². The highest BCUT2D eigenvalue weighted by Gasteiger charge is 2.30. The van der Waals surface area contributed by atoms with Gasteiger partial charge in [-0.3, -0.25) is 4.90 Å². The Balaban J connectivity index is 1.64. The summed E-state index contributed by atoms with van der Waals surface area (Å²) in [7, 11) is 1.91. The summed E-state index contributed by atoms with van der Waals surface area (Å²) in [6.07, 6.45) is -4.30. The van der Waals surface area contributed by atoms with Gasteiger partial charge in [-0.05, 0) is 35.4 Å². The number of hydrogen-bond acceptors (Lipinski definition) is 1. The number of hydrogen-bond donors (Lipinski definition) is 0. The molecule has 0 aliphatic carbocycles. The lowest BCUT2D eigenvalue weighted by Gasteiger charge is -2.18. The molecule has 0 heterocycles.